The molecule has 20 heavy (non-hydrogen) atoms. The highest BCUT2D eigenvalue weighted by molar-refractivity contribution is 6.30. The molecule has 2 aromatic rings. The molecule has 5 heteroatoms. The molecule has 2 rings (SSSR count). The van der Waals surface area contributed by atoms with E-state index in [-0.39, 0.29) is 18.0 Å². The smallest absolute Gasteiger partial charge is 0.139 e. The van der Waals surface area contributed by atoms with Gasteiger partial charge in [0, 0.05) is 10.6 Å². The van der Waals surface area contributed by atoms with Gasteiger partial charge in [-0.1, -0.05) is 35.9 Å². The third-order valence-electron chi connectivity index (χ3n) is 2.81. The van der Waals surface area contributed by atoms with Gasteiger partial charge in [0.25, 0.3) is 0 Å². The van der Waals surface area contributed by atoms with Crippen molar-refractivity contribution in [2.24, 2.45) is 5.73 Å². The Bertz CT molecular complexity index is 614. The van der Waals surface area contributed by atoms with Crippen molar-refractivity contribution in [1.29, 1.82) is 5.41 Å². The minimum Gasteiger partial charge on any atom is -0.384 e. The van der Waals surface area contributed by atoms with E-state index in [1.807, 2.05) is 12.1 Å². The first-order chi connectivity index (χ1) is 9.58. The summed E-state index contributed by atoms with van der Waals surface area (Å²) in [4.78, 5) is 0. The number of nitrogens with two attached hydrogens (primary N) is 1. The Hall–Kier alpha value is -1.91. The molecular weight excluding hydrogens is 279 g/mol. The van der Waals surface area contributed by atoms with E-state index in [2.05, 4.69) is 0 Å². The summed E-state index contributed by atoms with van der Waals surface area (Å²) in [6.45, 7) is 0.483. The third kappa shape index (κ3) is 3.56. The molecule has 0 saturated heterocycles. The van der Waals surface area contributed by atoms with Crippen LogP contribution >= 0.6 is 11.6 Å². The van der Waals surface area contributed by atoms with Crippen LogP contribution in [0.3, 0.4) is 0 Å². The van der Waals surface area contributed by atoms with Crippen molar-refractivity contribution in [1.82, 2.24) is 0 Å². The standard InChI is InChI=1S/C15H14ClFN2O/c16-12-6-4-10(5-7-12)8-20-9-11-2-1-3-13(14(11)17)15(18)19/h1-7H,8-9H2,(H3,18,19). The number of halogens is 2. The van der Waals surface area contributed by atoms with Crippen LogP contribution in [-0.2, 0) is 18.0 Å². The summed E-state index contributed by atoms with van der Waals surface area (Å²) in [5.41, 5.74) is 6.74. The van der Waals surface area contributed by atoms with Crippen LogP contribution in [0.1, 0.15) is 16.7 Å². The van der Waals surface area contributed by atoms with Crippen molar-refractivity contribution >= 4 is 17.4 Å². The number of hydrogen-bond donors (Lipinski definition) is 2. The average molecular weight is 293 g/mol. The van der Waals surface area contributed by atoms with Gasteiger partial charge < -0.3 is 10.5 Å². The summed E-state index contributed by atoms with van der Waals surface area (Å²) in [5, 5.41) is 7.95. The molecule has 0 aromatic heterocycles. The highest BCUT2D eigenvalue weighted by Crippen LogP contribution is 2.15. The van der Waals surface area contributed by atoms with Gasteiger partial charge in [0.15, 0.2) is 0 Å². The predicted octanol–water partition coefficient (Wildman–Crippen LogP) is 3.48. The number of benzene rings is 2. The predicted molar refractivity (Wildman–Crippen MR) is 77.4 cm³/mol. The number of nitrogens with one attached hydrogen (secondary N) is 1. The molecule has 0 saturated carbocycles. The molecule has 104 valence electrons. The summed E-state index contributed by atoms with van der Waals surface area (Å²) < 4.78 is 19.5. The Balaban J connectivity index is 1.99. The largest absolute Gasteiger partial charge is 0.384 e. The van der Waals surface area contributed by atoms with Crippen LogP contribution in [0.15, 0.2) is 42.5 Å². The van der Waals surface area contributed by atoms with E-state index in [0.29, 0.717) is 17.2 Å². The van der Waals surface area contributed by atoms with E-state index in [0.717, 1.165) is 5.56 Å². The zero-order valence-corrected chi connectivity index (χ0v) is 11.5. The first kappa shape index (κ1) is 14.5. The van der Waals surface area contributed by atoms with Crippen LogP contribution in [0.25, 0.3) is 0 Å². The number of ether oxygens (including phenoxy) is 1. The summed E-state index contributed by atoms with van der Waals surface area (Å²) in [7, 11) is 0. The molecule has 0 amide bonds. The Morgan fingerprint density at radius 2 is 1.85 bits per heavy atom. The molecule has 3 N–H and O–H groups in total. The minimum atomic E-state index is -0.504. The second-order valence-corrected chi connectivity index (χ2v) is 4.75. The van der Waals surface area contributed by atoms with E-state index in [1.54, 1.807) is 24.3 Å². The summed E-state index contributed by atoms with van der Waals surface area (Å²) in [6, 6.07) is 12.0. The molecule has 0 bridgehead atoms. The van der Waals surface area contributed by atoms with Gasteiger partial charge >= 0.3 is 0 Å². The monoisotopic (exact) mass is 292 g/mol. The zero-order valence-electron chi connectivity index (χ0n) is 10.7. The first-order valence-electron chi connectivity index (χ1n) is 6.02. The second kappa shape index (κ2) is 6.50. The van der Waals surface area contributed by atoms with Gasteiger partial charge in [-0.15, -0.1) is 0 Å². The molecule has 0 spiro atoms. The van der Waals surface area contributed by atoms with Gasteiger partial charge in [-0.2, -0.15) is 0 Å². The molecule has 0 aliphatic carbocycles. The fourth-order valence-electron chi connectivity index (χ4n) is 1.76. The summed E-state index contributed by atoms with van der Waals surface area (Å²) in [5.74, 6) is -0.793. The molecule has 0 fully saturated rings. The van der Waals surface area contributed by atoms with Crippen molar-refractivity contribution in [2.75, 3.05) is 0 Å². The maximum atomic E-state index is 14.0. The van der Waals surface area contributed by atoms with Crippen LogP contribution in [-0.4, -0.2) is 5.84 Å². The zero-order chi connectivity index (χ0) is 14.5. The minimum absolute atomic E-state index is 0.0950. The highest BCUT2D eigenvalue weighted by Gasteiger charge is 2.10. The van der Waals surface area contributed by atoms with Crippen molar-refractivity contribution in [3.63, 3.8) is 0 Å². The Morgan fingerprint density at radius 1 is 1.15 bits per heavy atom. The topological polar surface area (TPSA) is 59.1 Å². The SMILES string of the molecule is N=C(N)c1cccc(COCc2ccc(Cl)cc2)c1F. The van der Waals surface area contributed by atoms with Crippen LogP contribution in [0.2, 0.25) is 5.02 Å². The van der Waals surface area contributed by atoms with E-state index in [1.165, 1.54) is 6.07 Å². The molecule has 0 radical (unpaired) electrons. The average Bonchev–Trinajstić information content (AvgIpc) is 2.42. The van der Waals surface area contributed by atoms with Crippen molar-refractivity contribution in [2.45, 2.75) is 13.2 Å². The van der Waals surface area contributed by atoms with E-state index in [9.17, 15) is 4.39 Å². The van der Waals surface area contributed by atoms with Gasteiger partial charge in [0.2, 0.25) is 0 Å². The molecule has 0 aliphatic heterocycles. The van der Waals surface area contributed by atoms with Crippen LogP contribution in [0.5, 0.6) is 0 Å². The number of nitrogen functional groups attached to an aromatic ring is 1. The lowest BCUT2D eigenvalue weighted by Gasteiger charge is -2.08. The van der Waals surface area contributed by atoms with Gasteiger partial charge in [-0.05, 0) is 23.8 Å². The van der Waals surface area contributed by atoms with Crippen molar-refractivity contribution in [3.8, 4) is 0 Å². The van der Waals surface area contributed by atoms with Crippen LogP contribution in [0, 0.1) is 11.2 Å². The highest BCUT2D eigenvalue weighted by atomic mass is 35.5. The Kier molecular flexibility index (Phi) is 4.71. The van der Waals surface area contributed by atoms with Gasteiger partial charge in [0.05, 0.1) is 18.8 Å². The molecule has 0 heterocycles. The fraction of sp³-hybridized carbons (Fsp3) is 0.133. The maximum Gasteiger partial charge on any atom is 0.139 e. The summed E-state index contributed by atoms with van der Waals surface area (Å²) >= 11 is 5.79. The third-order valence-corrected chi connectivity index (χ3v) is 3.06. The lowest BCUT2D eigenvalue weighted by atomic mass is 10.1. The van der Waals surface area contributed by atoms with E-state index >= 15 is 0 Å². The van der Waals surface area contributed by atoms with Gasteiger partial charge in [-0.25, -0.2) is 4.39 Å². The Labute approximate surface area is 121 Å². The molecule has 0 unspecified atom stereocenters. The van der Waals surface area contributed by atoms with Crippen LogP contribution < -0.4 is 5.73 Å². The Morgan fingerprint density at radius 3 is 2.50 bits per heavy atom. The van der Waals surface area contributed by atoms with Crippen LogP contribution in [0.4, 0.5) is 4.39 Å². The fourth-order valence-corrected chi connectivity index (χ4v) is 1.88. The number of hydrogen-bond acceptors (Lipinski definition) is 2. The number of rotatable bonds is 5. The normalized spacial score (nSPS) is 10.5. The quantitative estimate of drug-likeness (QED) is 0.655. The van der Waals surface area contributed by atoms with E-state index < -0.39 is 5.82 Å². The first-order valence-corrected chi connectivity index (χ1v) is 6.39. The lowest BCUT2D eigenvalue weighted by molar-refractivity contribution is 0.105. The van der Waals surface area contributed by atoms with Gasteiger partial charge in [-0.3, -0.25) is 5.41 Å². The van der Waals surface area contributed by atoms with Gasteiger partial charge in [0.1, 0.15) is 11.7 Å². The molecule has 3 nitrogen and oxygen atoms in total. The van der Waals surface area contributed by atoms with Crippen molar-refractivity contribution < 1.29 is 9.13 Å². The molecule has 0 atom stereocenters. The second-order valence-electron chi connectivity index (χ2n) is 4.31. The molecular formula is C15H14ClFN2O. The molecule has 0 aliphatic rings. The van der Waals surface area contributed by atoms with E-state index in [4.69, 9.17) is 27.5 Å². The van der Waals surface area contributed by atoms with Crippen molar-refractivity contribution in [3.05, 3.63) is 70.0 Å². The maximum absolute atomic E-state index is 14.0. The lowest BCUT2D eigenvalue weighted by Crippen LogP contribution is -2.14. The summed E-state index contributed by atoms with van der Waals surface area (Å²) in [6.07, 6.45) is 0. The molecule has 2 aromatic carbocycles. The number of amidine groups is 1.